The van der Waals surface area contributed by atoms with E-state index < -0.39 is 0 Å². The first-order chi connectivity index (χ1) is 18.5. The molecule has 0 bridgehead atoms. The van der Waals surface area contributed by atoms with E-state index in [-0.39, 0.29) is 0 Å². The highest BCUT2D eigenvalue weighted by molar-refractivity contribution is 5.99. The van der Waals surface area contributed by atoms with Gasteiger partial charge in [-0.1, -0.05) is 42.0 Å². The second-order valence-corrected chi connectivity index (χ2v) is 9.01. The highest BCUT2D eigenvalue weighted by atomic mass is 15.1. The first-order valence-electron chi connectivity index (χ1n) is 12.3. The van der Waals surface area contributed by atoms with E-state index >= 15 is 0 Å². The second kappa shape index (κ2) is 11.3. The highest BCUT2D eigenvalue weighted by Crippen LogP contribution is 2.35. The molecule has 0 atom stereocenters. The number of azo groups is 3. The third-order valence-corrected chi connectivity index (χ3v) is 5.96. The van der Waals surface area contributed by atoms with Crippen LogP contribution in [0.25, 0.3) is 10.8 Å². The van der Waals surface area contributed by atoms with Crippen LogP contribution in [-0.4, -0.2) is 14.1 Å². The van der Waals surface area contributed by atoms with Gasteiger partial charge in [-0.2, -0.15) is 20.5 Å². The molecule has 0 N–H and O–H groups in total. The molecule has 0 saturated heterocycles. The van der Waals surface area contributed by atoms with Gasteiger partial charge in [-0.25, -0.2) is 0 Å². The molecule has 186 valence electrons. The van der Waals surface area contributed by atoms with Crippen LogP contribution in [0.5, 0.6) is 0 Å². The summed E-state index contributed by atoms with van der Waals surface area (Å²) >= 11 is 0. The van der Waals surface area contributed by atoms with Gasteiger partial charge in [-0.05, 0) is 79.7 Å². The van der Waals surface area contributed by atoms with Gasteiger partial charge in [0.25, 0.3) is 0 Å². The molecular formula is C31H27N7. The lowest BCUT2D eigenvalue weighted by Gasteiger charge is -2.11. The number of benzene rings is 5. The highest BCUT2D eigenvalue weighted by Gasteiger charge is 2.06. The Balaban J connectivity index is 1.33. The maximum Gasteiger partial charge on any atom is 0.0936 e. The van der Waals surface area contributed by atoms with Crippen molar-refractivity contribution in [3.63, 3.8) is 0 Å². The summed E-state index contributed by atoms with van der Waals surface area (Å²) in [6, 6.07) is 35.2. The van der Waals surface area contributed by atoms with Gasteiger partial charge in [0.15, 0.2) is 0 Å². The van der Waals surface area contributed by atoms with E-state index in [9.17, 15) is 0 Å². The molecule has 0 unspecified atom stereocenters. The van der Waals surface area contributed by atoms with Crippen LogP contribution in [0, 0.1) is 6.92 Å². The minimum absolute atomic E-state index is 0.730. The van der Waals surface area contributed by atoms with Crippen molar-refractivity contribution in [3.05, 3.63) is 115 Å². The summed E-state index contributed by atoms with van der Waals surface area (Å²) in [6.07, 6.45) is 0. The predicted octanol–water partition coefficient (Wildman–Crippen LogP) is 10.5. The fraction of sp³-hybridized carbons (Fsp3) is 0.0968. The monoisotopic (exact) mass is 497 g/mol. The number of aryl methyl sites for hydroxylation is 1. The van der Waals surface area contributed by atoms with E-state index in [0.717, 1.165) is 50.6 Å². The van der Waals surface area contributed by atoms with Crippen molar-refractivity contribution < 1.29 is 0 Å². The normalized spacial score (nSPS) is 11.8. The molecule has 7 nitrogen and oxygen atoms in total. The Kier molecular flexibility index (Phi) is 7.36. The van der Waals surface area contributed by atoms with E-state index in [1.54, 1.807) is 0 Å². The molecule has 0 aromatic heterocycles. The van der Waals surface area contributed by atoms with Crippen LogP contribution in [0.15, 0.2) is 140 Å². The van der Waals surface area contributed by atoms with E-state index in [1.807, 2.05) is 135 Å². The lowest BCUT2D eigenvalue weighted by atomic mass is 10.1. The van der Waals surface area contributed by atoms with Crippen molar-refractivity contribution in [1.82, 2.24) is 0 Å². The molecule has 0 spiro atoms. The topological polar surface area (TPSA) is 77.4 Å². The number of anilines is 1. The predicted molar refractivity (Wildman–Crippen MR) is 155 cm³/mol. The summed E-state index contributed by atoms with van der Waals surface area (Å²) in [5.74, 6) is 0. The average molecular weight is 498 g/mol. The Hall–Kier alpha value is -5.04. The quantitative estimate of drug-likeness (QED) is 0.206. The second-order valence-electron chi connectivity index (χ2n) is 9.01. The fourth-order valence-corrected chi connectivity index (χ4v) is 3.80. The van der Waals surface area contributed by atoms with E-state index in [1.165, 1.54) is 5.56 Å². The molecule has 0 saturated carbocycles. The van der Waals surface area contributed by atoms with Crippen LogP contribution in [0.3, 0.4) is 0 Å². The molecule has 0 fully saturated rings. The minimum atomic E-state index is 0.730. The van der Waals surface area contributed by atoms with Gasteiger partial charge >= 0.3 is 0 Å². The molecule has 38 heavy (non-hydrogen) atoms. The molecule has 0 aliphatic heterocycles. The van der Waals surface area contributed by atoms with Crippen LogP contribution >= 0.6 is 0 Å². The Bertz CT molecular complexity index is 1620. The lowest BCUT2D eigenvalue weighted by molar-refractivity contribution is 1.13. The van der Waals surface area contributed by atoms with Gasteiger partial charge in [0.2, 0.25) is 0 Å². The number of fused-ring (bicyclic) bond motifs is 1. The van der Waals surface area contributed by atoms with Gasteiger partial charge in [0.05, 0.1) is 34.1 Å². The van der Waals surface area contributed by atoms with E-state index in [2.05, 4.69) is 30.7 Å². The molecule has 0 amide bonds. The van der Waals surface area contributed by atoms with Crippen molar-refractivity contribution in [2.24, 2.45) is 30.7 Å². The third-order valence-electron chi connectivity index (χ3n) is 5.96. The van der Waals surface area contributed by atoms with Crippen molar-refractivity contribution >= 4 is 50.6 Å². The Labute approximate surface area is 221 Å². The SMILES string of the molecule is Cc1ccc(N=Nc2ccc(N=Nc3ccc(N=Nc4ccc(N(C)C)cc4)c4ccccc34)cc2)cc1. The van der Waals surface area contributed by atoms with E-state index in [4.69, 9.17) is 0 Å². The smallest absolute Gasteiger partial charge is 0.0936 e. The minimum Gasteiger partial charge on any atom is -0.378 e. The van der Waals surface area contributed by atoms with Crippen LogP contribution in [0.4, 0.5) is 39.8 Å². The molecule has 0 aliphatic carbocycles. The lowest BCUT2D eigenvalue weighted by Crippen LogP contribution is -2.07. The van der Waals surface area contributed by atoms with Crippen LogP contribution < -0.4 is 4.90 Å². The summed E-state index contributed by atoms with van der Waals surface area (Å²) in [6.45, 7) is 2.04. The fourth-order valence-electron chi connectivity index (χ4n) is 3.80. The van der Waals surface area contributed by atoms with Gasteiger partial charge < -0.3 is 4.90 Å². The summed E-state index contributed by atoms with van der Waals surface area (Å²) < 4.78 is 0. The van der Waals surface area contributed by atoms with Gasteiger partial charge in [-0.3, -0.25) is 0 Å². The van der Waals surface area contributed by atoms with Gasteiger partial charge in [-0.15, -0.1) is 10.2 Å². The van der Waals surface area contributed by atoms with Crippen molar-refractivity contribution in [2.75, 3.05) is 19.0 Å². The molecule has 7 heteroatoms. The zero-order valence-corrected chi connectivity index (χ0v) is 21.5. The molecule has 0 radical (unpaired) electrons. The summed E-state index contributed by atoms with van der Waals surface area (Å²) in [4.78, 5) is 2.05. The first-order valence-corrected chi connectivity index (χ1v) is 12.3. The molecule has 0 heterocycles. The maximum atomic E-state index is 4.52. The van der Waals surface area contributed by atoms with E-state index in [0.29, 0.717) is 0 Å². The maximum absolute atomic E-state index is 4.52. The number of hydrogen-bond acceptors (Lipinski definition) is 7. The Morgan fingerprint density at radius 1 is 0.421 bits per heavy atom. The van der Waals surface area contributed by atoms with Crippen molar-refractivity contribution in [1.29, 1.82) is 0 Å². The van der Waals surface area contributed by atoms with Crippen LogP contribution in [-0.2, 0) is 0 Å². The van der Waals surface area contributed by atoms with Crippen molar-refractivity contribution in [3.8, 4) is 0 Å². The molecule has 5 rings (SSSR count). The standard InChI is InChI=1S/C31H27N7/c1-22-8-10-23(11-9-22)32-33-24-12-14-25(15-13-24)34-36-30-20-21-31(29-7-5-4-6-28(29)30)37-35-26-16-18-27(19-17-26)38(2)3/h4-21H,1-3H3. The largest absolute Gasteiger partial charge is 0.378 e. The summed E-state index contributed by atoms with van der Waals surface area (Å²) in [7, 11) is 4.02. The number of nitrogens with zero attached hydrogens (tertiary/aromatic N) is 7. The zero-order chi connectivity index (χ0) is 26.3. The third kappa shape index (κ3) is 6.02. The first kappa shape index (κ1) is 24.6. The molecule has 5 aromatic carbocycles. The number of hydrogen-bond donors (Lipinski definition) is 0. The molecule has 0 aliphatic rings. The van der Waals surface area contributed by atoms with Crippen LogP contribution in [0.2, 0.25) is 0 Å². The summed E-state index contributed by atoms with van der Waals surface area (Å²) in [5.41, 5.74) is 6.94. The Morgan fingerprint density at radius 2 is 0.789 bits per heavy atom. The van der Waals surface area contributed by atoms with Gasteiger partial charge in [0.1, 0.15) is 0 Å². The zero-order valence-electron chi connectivity index (χ0n) is 21.5. The van der Waals surface area contributed by atoms with Gasteiger partial charge in [0, 0.05) is 30.6 Å². The summed E-state index contributed by atoms with van der Waals surface area (Å²) in [5, 5.41) is 28.4. The number of rotatable bonds is 7. The average Bonchev–Trinajstić information content (AvgIpc) is 2.95. The molecular weight excluding hydrogens is 470 g/mol. The van der Waals surface area contributed by atoms with Crippen LogP contribution in [0.1, 0.15) is 5.56 Å². The molecule has 5 aromatic rings. The Morgan fingerprint density at radius 3 is 1.21 bits per heavy atom. The van der Waals surface area contributed by atoms with Crippen molar-refractivity contribution in [2.45, 2.75) is 6.92 Å².